The van der Waals surface area contributed by atoms with Gasteiger partial charge in [-0.15, -0.1) is 0 Å². The molecule has 9 rings (SSSR count). The molecule has 214 valence electrons. The molecule has 0 saturated heterocycles. The maximum Gasteiger partial charge on any atom is 0.0636 e. The van der Waals surface area contributed by atoms with Crippen LogP contribution in [-0.2, 0) is 0 Å². The summed E-state index contributed by atoms with van der Waals surface area (Å²) in [5.41, 5.74) is -7.32. The first kappa shape index (κ1) is 10.0. The van der Waals surface area contributed by atoms with Crippen molar-refractivity contribution < 1.29 is 41.1 Å². The minimum atomic E-state index is -1.20. The van der Waals surface area contributed by atoms with Gasteiger partial charge in [-0.25, -0.2) is 0 Å². The van der Waals surface area contributed by atoms with Crippen molar-refractivity contribution in [3.8, 4) is 44.5 Å². The zero-order chi connectivity index (χ0) is 56.6. The van der Waals surface area contributed by atoms with Crippen LogP contribution in [0.15, 0.2) is 181 Å². The second kappa shape index (κ2) is 10.9. The summed E-state index contributed by atoms with van der Waals surface area (Å²) in [4.78, 5) is 0. The van der Waals surface area contributed by atoms with Crippen molar-refractivity contribution in [1.82, 2.24) is 0 Å². The van der Waals surface area contributed by atoms with E-state index in [2.05, 4.69) is 0 Å². The zero-order valence-corrected chi connectivity index (χ0v) is 23.0. The summed E-state index contributed by atoms with van der Waals surface area (Å²) in [5, 5.41) is -6.30. The lowest BCUT2D eigenvalue weighted by Crippen LogP contribution is -1.93. The van der Waals surface area contributed by atoms with Crippen LogP contribution in [-0.4, -0.2) is 0 Å². The van der Waals surface area contributed by atoms with Gasteiger partial charge in [0.25, 0.3) is 0 Å². The summed E-state index contributed by atoms with van der Waals surface area (Å²) in [6.45, 7) is 0. The van der Waals surface area contributed by atoms with E-state index in [0.29, 0.717) is 0 Å². The van der Waals surface area contributed by atoms with Gasteiger partial charge in [0.15, 0.2) is 0 Å². The van der Waals surface area contributed by atoms with Gasteiger partial charge in [-0.05, 0) is 106 Å². The summed E-state index contributed by atoms with van der Waals surface area (Å²) in [5.74, 6) is 0. The lowest BCUT2D eigenvalue weighted by molar-refractivity contribution is 1.60. The molecule has 0 aliphatic carbocycles. The standard InChI is InChI=1S/C46H30/c1-2-14-33(15-3-1)39-18-8-9-19-40(39)46-42-21-11-10-20-41(42)45(38-25-23-32-13-5-7-17-35(32)29-38)44-30-37(26-27-43(44)46)36-24-22-31-12-4-6-16-34(31)28-36/h1-30H/i1D,2D,3D,4D,5D,6D,7D,8D,9D,10D,11D,12D,13D,14D,15D,16D,17D,18D,19D,20D,21D,22D,23D,24D,25D,26D,27D,28D,29D,30D. The maximum absolute atomic E-state index is 10.2. The molecule has 9 aromatic rings. The Hall–Kier alpha value is -5.98. The van der Waals surface area contributed by atoms with Crippen LogP contribution < -0.4 is 0 Å². The first-order chi connectivity index (χ1) is 35.3. The molecule has 0 fully saturated rings. The summed E-state index contributed by atoms with van der Waals surface area (Å²) >= 11 is 0. The topological polar surface area (TPSA) is 0 Å². The van der Waals surface area contributed by atoms with Crippen molar-refractivity contribution >= 4 is 43.1 Å². The molecule has 0 nitrogen and oxygen atoms in total. The lowest BCUT2D eigenvalue weighted by atomic mass is 9.82. The smallest absolute Gasteiger partial charge is 0.0622 e. The molecule has 0 heterocycles. The molecule has 0 radical (unpaired) electrons. The third-order valence-electron chi connectivity index (χ3n) is 7.19. The minimum absolute atomic E-state index is 0.626. The van der Waals surface area contributed by atoms with Crippen LogP contribution in [0.2, 0.25) is 0 Å². The van der Waals surface area contributed by atoms with Gasteiger partial charge in [0.1, 0.15) is 0 Å². The normalized spacial score (nSPS) is 20.6. The zero-order valence-electron chi connectivity index (χ0n) is 53.0. The molecule has 0 spiro atoms. The number of benzene rings is 9. The number of hydrogen-bond acceptors (Lipinski definition) is 0. The molecule has 0 atom stereocenters. The second-order valence-electron chi connectivity index (χ2n) is 9.75. The third kappa shape index (κ3) is 4.38. The number of rotatable bonds is 4. The van der Waals surface area contributed by atoms with E-state index >= 15 is 0 Å². The first-order valence-corrected chi connectivity index (χ1v) is 13.5. The molecule has 0 amide bonds. The van der Waals surface area contributed by atoms with Gasteiger partial charge in [-0.1, -0.05) is 163 Å². The van der Waals surface area contributed by atoms with Crippen LogP contribution in [0.25, 0.3) is 87.6 Å². The Morgan fingerprint density at radius 2 is 0.739 bits per heavy atom. The predicted octanol–water partition coefficient (Wildman–Crippen LogP) is 13.0. The van der Waals surface area contributed by atoms with E-state index in [-0.39, 0.29) is 0 Å². The van der Waals surface area contributed by atoms with Crippen LogP contribution in [0.3, 0.4) is 0 Å². The Balaban J connectivity index is 1.72. The van der Waals surface area contributed by atoms with Crippen molar-refractivity contribution in [2.45, 2.75) is 0 Å². The predicted molar refractivity (Wildman–Crippen MR) is 198 cm³/mol. The Morgan fingerprint density at radius 1 is 0.261 bits per heavy atom. The minimum Gasteiger partial charge on any atom is -0.0622 e. The monoisotopic (exact) mass is 612 g/mol. The van der Waals surface area contributed by atoms with Crippen LogP contribution in [0, 0.1) is 0 Å². The van der Waals surface area contributed by atoms with Gasteiger partial charge < -0.3 is 0 Å². The average Bonchev–Trinajstić information content (AvgIpc) is 3.40. The van der Waals surface area contributed by atoms with Crippen LogP contribution in [0.1, 0.15) is 41.1 Å². The fourth-order valence-electron chi connectivity index (χ4n) is 5.22. The molecular formula is C46H30. The highest BCUT2D eigenvalue weighted by molar-refractivity contribution is 6.23. The number of fused-ring (bicyclic) bond motifs is 4. The van der Waals surface area contributed by atoms with E-state index in [1.54, 1.807) is 0 Å². The molecule has 0 bridgehead atoms. The third-order valence-corrected chi connectivity index (χ3v) is 7.19. The van der Waals surface area contributed by atoms with Gasteiger partial charge in [0, 0.05) is 0 Å². The van der Waals surface area contributed by atoms with Crippen LogP contribution in [0.5, 0.6) is 0 Å². The summed E-state index contributed by atoms with van der Waals surface area (Å²) in [6.07, 6.45) is 0. The molecule has 0 N–H and O–H groups in total. The lowest BCUT2D eigenvalue weighted by Gasteiger charge is -2.20. The van der Waals surface area contributed by atoms with Crippen molar-refractivity contribution in [2.24, 2.45) is 0 Å². The molecule has 9 aromatic carbocycles. The van der Waals surface area contributed by atoms with Gasteiger partial charge in [-0.2, -0.15) is 0 Å². The molecule has 46 heavy (non-hydrogen) atoms. The molecule has 0 aliphatic rings. The molecule has 0 aromatic heterocycles. The Bertz CT molecular complexity index is 4250. The van der Waals surface area contributed by atoms with E-state index in [9.17, 15) is 16.4 Å². The van der Waals surface area contributed by atoms with Gasteiger partial charge in [0.2, 0.25) is 0 Å². The second-order valence-corrected chi connectivity index (χ2v) is 9.75. The highest BCUT2D eigenvalue weighted by atomic mass is 14.2. The average molecular weight is 613 g/mol. The van der Waals surface area contributed by atoms with Crippen LogP contribution >= 0.6 is 0 Å². The highest BCUT2D eigenvalue weighted by Gasteiger charge is 2.19. The Labute approximate surface area is 311 Å². The van der Waals surface area contributed by atoms with Gasteiger partial charge in [0.05, 0.1) is 41.1 Å². The van der Waals surface area contributed by atoms with Crippen LogP contribution in [0.4, 0.5) is 0 Å². The van der Waals surface area contributed by atoms with Crippen molar-refractivity contribution in [2.75, 3.05) is 0 Å². The molecule has 0 saturated carbocycles. The SMILES string of the molecule is [2H]c1c([2H])c([2H])c(-c2c([2H])c([2H])c([2H])c([2H])c2-c2c3c([2H])c([2H])c([2H])c([2H])c3c(-c3c([2H])c([2H])c4c([2H])c([2H])c([2H])c([2H])c4c3[2H])c3c([2H])c(-c4c([2H])c([2H])c5c([2H])c([2H])c([2H])c([2H])c5c4[2H])c([2H])c([2H])c23)c([2H])c1[2H]. The van der Waals surface area contributed by atoms with E-state index < -0.39 is 269 Å². The van der Waals surface area contributed by atoms with Crippen molar-refractivity contribution in [3.63, 3.8) is 0 Å². The molecule has 0 heteroatoms. The Kier molecular flexibility index (Phi) is 2.37. The number of hydrogen-bond donors (Lipinski definition) is 0. The quantitative estimate of drug-likeness (QED) is 0.173. The molecule has 0 aliphatic heterocycles. The summed E-state index contributed by atoms with van der Waals surface area (Å²) in [6, 6.07) is -30.6. The summed E-state index contributed by atoms with van der Waals surface area (Å²) in [7, 11) is 0. The van der Waals surface area contributed by atoms with E-state index in [1.165, 1.54) is 0 Å². The van der Waals surface area contributed by atoms with Crippen molar-refractivity contribution in [3.05, 3.63) is 181 Å². The first-order valence-electron chi connectivity index (χ1n) is 28.5. The fourth-order valence-corrected chi connectivity index (χ4v) is 5.22. The van der Waals surface area contributed by atoms with Gasteiger partial charge in [-0.3, -0.25) is 0 Å². The van der Waals surface area contributed by atoms with Gasteiger partial charge >= 0.3 is 0 Å². The van der Waals surface area contributed by atoms with E-state index in [0.717, 1.165) is 0 Å². The van der Waals surface area contributed by atoms with Crippen molar-refractivity contribution in [1.29, 1.82) is 0 Å². The maximum atomic E-state index is 10.2. The Morgan fingerprint density at radius 3 is 1.46 bits per heavy atom. The van der Waals surface area contributed by atoms with E-state index in [4.69, 9.17) is 24.7 Å². The fraction of sp³-hybridized carbons (Fsp3) is 0. The summed E-state index contributed by atoms with van der Waals surface area (Å²) < 4.78 is 271. The molecular weight excluding hydrogens is 553 g/mol. The molecule has 0 unspecified atom stereocenters. The van der Waals surface area contributed by atoms with E-state index in [1.807, 2.05) is 0 Å². The highest BCUT2D eigenvalue weighted by Crippen LogP contribution is 2.47. The largest absolute Gasteiger partial charge is 0.0636 e.